The van der Waals surface area contributed by atoms with E-state index in [1.54, 1.807) is 4.68 Å². The van der Waals surface area contributed by atoms with Crippen molar-refractivity contribution in [3.63, 3.8) is 0 Å². The van der Waals surface area contributed by atoms with Gasteiger partial charge in [0.2, 0.25) is 11.6 Å². The summed E-state index contributed by atoms with van der Waals surface area (Å²) in [4.78, 5) is 12.5. The Morgan fingerprint density at radius 1 is 1.13 bits per heavy atom. The molecule has 164 valence electrons. The van der Waals surface area contributed by atoms with Crippen LogP contribution < -0.4 is 10.1 Å². The zero-order valence-electron chi connectivity index (χ0n) is 17.2. The molecule has 0 aliphatic rings. The molecule has 1 amide bonds. The van der Waals surface area contributed by atoms with Crippen LogP contribution in [0.25, 0.3) is 0 Å². The number of nitrogens with zero attached hydrogens (tertiary/aromatic N) is 2. The largest absolute Gasteiger partial charge is 0.483 e. The van der Waals surface area contributed by atoms with Crippen LogP contribution >= 0.6 is 0 Å². The summed E-state index contributed by atoms with van der Waals surface area (Å²) in [6.07, 6.45) is 1.88. The number of hydrogen-bond donors (Lipinski definition) is 1. The van der Waals surface area contributed by atoms with Crippen molar-refractivity contribution in [1.29, 1.82) is 0 Å². The van der Waals surface area contributed by atoms with Gasteiger partial charge in [0.1, 0.15) is 6.61 Å². The fraction of sp³-hybridized carbons (Fsp3) is 0.273. The first-order valence-electron chi connectivity index (χ1n) is 9.60. The van der Waals surface area contributed by atoms with Crippen LogP contribution in [0.2, 0.25) is 0 Å². The van der Waals surface area contributed by atoms with E-state index in [9.17, 15) is 22.4 Å². The second-order valence-electron chi connectivity index (χ2n) is 7.00. The van der Waals surface area contributed by atoms with Gasteiger partial charge in [0, 0.05) is 29.9 Å². The number of carbonyl (C=O) groups is 1. The molecule has 1 unspecified atom stereocenters. The van der Waals surface area contributed by atoms with Crippen LogP contribution in [0.4, 0.5) is 17.6 Å². The number of hydrogen-bond acceptors (Lipinski definition) is 3. The van der Waals surface area contributed by atoms with E-state index in [4.69, 9.17) is 4.74 Å². The average Bonchev–Trinajstić information content (AvgIpc) is 3.13. The molecule has 1 heterocycles. The maximum atomic E-state index is 13.7. The fourth-order valence-corrected chi connectivity index (χ4v) is 3.06. The van der Waals surface area contributed by atoms with Gasteiger partial charge in [0.25, 0.3) is 5.91 Å². The van der Waals surface area contributed by atoms with E-state index in [1.807, 2.05) is 27.0 Å². The molecule has 5 nitrogen and oxygen atoms in total. The number of aryl methyl sites for hydroxylation is 2. The first-order chi connectivity index (χ1) is 14.7. The average molecular weight is 435 g/mol. The van der Waals surface area contributed by atoms with Gasteiger partial charge in [-0.1, -0.05) is 12.1 Å². The molecule has 0 radical (unpaired) electrons. The lowest BCUT2D eigenvalue weighted by Crippen LogP contribution is -2.26. The second-order valence-corrected chi connectivity index (χ2v) is 7.00. The molecule has 1 atom stereocenters. The molecule has 0 fully saturated rings. The summed E-state index contributed by atoms with van der Waals surface area (Å²) in [5.74, 6) is -7.75. The van der Waals surface area contributed by atoms with E-state index in [0.29, 0.717) is 11.1 Å². The molecule has 2 aromatic carbocycles. The summed E-state index contributed by atoms with van der Waals surface area (Å²) in [5.41, 5.74) is 2.56. The van der Waals surface area contributed by atoms with E-state index in [2.05, 4.69) is 10.4 Å². The van der Waals surface area contributed by atoms with Gasteiger partial charge in [-0.3, -0.25) is 9.48 Å². The van der Waals surface area contributed by atoms with E-state index in [-0.39, 0.29) is 24.6 Å². The van der Waals surface area contributed by atoms with Crippen molar-refractivity contribution >= 4 is 5.91 Å². The van der Waals surface area contributed by atoms with Gasteiger partial charge < -0.3 is 10.1 Å². The molecule has 9 heteroatoms. The maximum Gasteiger partial charge on any atom is 0.251 e. The Balaban J connectivity index is 1.65. The highest BCUT2D eigenvalue weighted by Gasteiger charge is 2.21. The lowest BCUT2D eigenvalue weighted by Gasteiger charge is -2.14. The Morgan fingerprint density at radius 2 is 1.74 bits per heavy atom. The van der Waals surface area contributed by atoms with Crippen molar-refractivity contribution in [2.45, 2.75) is 40.0 Å². The van der Waals surface area contributed by atoms with Gasteiger partial charge >= 0.3 is 0 Å². The number of nitrogens with one attached hydrogen (secondary N) is 1. The third-order valence-corrected chi connectivity index (χ3v) is 4.79. The van der Waals surface area contributed by atoms with Crippen molar-refractivity contribution in [1.82, 2.24) is 15.1 Å². The summed E-state index contributed by atoms with van der Waals surface area (Å²) in [7, 11) is 0. The molecular weight excluding hydrogens is 414 g/mol. The van der Waals surface area contributed by atoms with Gasteiger partial charge in [-0.15, -0.1) is 0 Å². The second kappa shape index (κ2) is 9.20. The molecule has 31 heavy (non-hydrogen) atoms. The Morgan fingerprint density at radius 3 is 2.29 bits per heavy atom. The van der Waals surface area contributed by atoms with Crippen LogP contribution in [-0.4, -0.2) is 15.7 Å². The van der Waals surface area contributed by atoms with Crippen LogP contribution in [0.1, 0.15) is 47.1 Å². The maximum absolute atomic E-state index is 13.7. The molecular formula is C22H21F4N3O2. The minimum atomic E-state index is -1.61. The van der Waals surface area contributed by atoms with E-state index in [1.165, 1.54) is 24.3 Å². The topological polar surface area (TPSA) is 56.2 Å². The van der Waals surface area contributed by atoms with Gasteiger partial charge in [-0.25, -0.2) is 8.78 Å². The van der Waals surface area contributed by atoms with E-state index < -0.39 is 29.0 Å². The van der Waals surface area contributed by atoms with Crippen molar-refractivity contribution in [2.75, 3.05) is 0 Å². The molecule has 3 aromatic rings. The van der Waals surface area contributed by atoms with Gasteiger partial charge in [0.05, 0.1) is 11.7 Å². The van der Waals surface area contributed by atoms with Crippen molar-refractivity contribution < 1.29 is 27.1 Å². The Bertz CT molecular complexity index is 1070. The minimum absolute atomic E-state index is 0.112. The quantitative estimate of drug-likeness (QED) is 0.427. The number of aromatic nitrogens is 2. The lowest BCUT2D eigenvalue weighted by molar-refractivity contribution is 0.0939. The fourth-order valence-electron chi connectivity index (χ4n) is 3.06. The minimum Gasteiger partial charge on any atom is -0.483 e. The standard InChI is InChI=1S/C22H21F4N3O2/c1-4-29-10-16(13(3)28-29)12(2)27-22(30)15-7-5-14(6-8-15)11-31-21-19(25)17(23)9-18(24)20(21)26/h5-10,12H,4,11H2,1-3H3,(H,27,30). The zero-order chi connectivity index (χ0) is 22.7. The number of carbonyl (C=O) groups excluding carboxylic acids is 1. The Kier molecular flexibility index (Phi) is 6.62. The summed E-state index contributed by atoms with van der Waals surface area (Å²) in [6, 6.07) is 5.92. The highest BCUT2D eigenvalue weighted by atomic mass is 19.2. The summed E-state index contributed by atoms with van der Waals surface area (Å²) >= 11 is 0. The highest BCUT2D eigenvalue weighted by Crippen LogP contribution is 2.27. The zero-order valence-corrected chi connectivity index (χ0v) is 17.2. The lowest BCUT2D eigenvalue weighted by atomic mass is 10.1. The smallest absolute Gasteiger partial charge is 0.251 e. The third-order valence-electron chi connectivity index (χ3n) is 4.79. The predicted molar refractivity (Wildman–Crippen MR) is 106 cm³/mol. The molecule has 1 N–H and O–H groups in total. The third kappa shape index (κ3) is 4.87. The number of ether oxygens (including phenoxy) is 1. The first-order valence-corrected chi connectivity index (χ1v) is 9.60. The van der Waals surface area contributed by atoms with Gasteiger partial charge in [-0.05, 0) is 38.5 Å². The molecule has 0 aliphatic heterocycles. The van der Waals surface area contributed by atoms with Gasteiger partial charge in [-0.2, -0.15) is 13.9 Å². The molecule has 3 rings (SSSR count). The summed E-state index contributed by atoms with van der Waals surface area (Å²) in [6.45, 7) is 6.07. The highest BCUT2D eigenvalue weighted by molar-refractivity contribution is 5.94. The molecule has 0 aliphatic carbocycles. The SMILES string of the molecule is CCn1cc(C(C)NC(=O)c2ccc(COc3c(F)c(F)cc(F)c3F)cc2)c(C)n1. The number of amides is 1. The van der Waals surface area contributed by atoms with Crippen molar-refractivity contribution in [3.05, 3.63) is 82.2 Å². The van der Waals surface area contributed by atoms with Crippen LogP contribution in [0.5, 0.6) is 5.75 Å². The van der Waals surface area contributed by atoms with Crippen LogP contribution in [0.3, 0.4) is 0 Å². The molecule has 1 aromatic heterocycles. The molecule has 0 saturated carbocycles. The number of benzene rings is 2. The molecule has 0 bridgehead atoms. The number of halogens is 4. The monoisotopic (exact) mass is 435 g/mol. The summed E-state index contributed by atoms with van der Waals surface area (Å²) < 4.78 is 60.5. The van der Waals surface area contributed by atoms with Crippen molar-refractivity contribution in [3.8, 4) is 5.75 Å². The number of rotatable bonds is 7. The summed E-state index contributed by atoms with van der Waals surface area (Å²) in [5, 5.41) is 7.25. The van der Waals surface area contributed by atoms with E-state index in [0.717, 1.165) is 17.8 Å². The van der Waals surface area contributed by atoms with Crippen LogP contribution in [0.15, 0.2) is 36.5 Å². The van der Waals surface area contributed by atoms with Gasteiger partial charge in [0.15, 0.2) is 17.4 Å². The normalized spacial score (nSPS) is 12.0. The Labute approximate surface area is 176 Å². The van der Waals surface area contributed by atoms with Crippen LogP contribution in [-0.2, 0) is 13.2 Å². The predicted octanol–water partition coefficient (Wildman–Crippen LogP) is 4.84. The van der Waals surface area contributed by atoms with Crippen molar-refractivity contribution in [2.24, 2.45) is 0 Å². The first kappa shape index (κ1) is 22.3. The molecule has 0 spiro atoms. The van der Waals surface area contributed by atoms with Crippen LogP contribution in [0, 0.1) is 30.2 Å². The Hall–Kier alpha value is -3.36. The molecule has 0 saturated heterocycles. The van der Waals surface area contributed by atoms with E-state index >= 15 is 0 Å².